The number of hydrogen-bond acceptors (Lipinski definition) is 4. The maximum absolute atomic E-state index is 6.14. The highest BCUT2D eigenvalue weighted by molar-refractivity contribution is 6.32. The predicted molar refractivity (Wildman–Crippen MR) is 98.1 cm³/mol. The summed E-state index contributed by atoms with van der Waals surface area (Å²) in [6, 6.07) is 16.5. The molecule has 1 heterocycles. The lowest BCUT2D eigenvalue weighted by molar-refractivity contribution is 0.102. The van der Waals surface area contributed by atoms with Crippen LogP contribution in [0.4, 0.5) is 5.69 Å². The van der Waals surface area contributed by atoms with Crippen LogP contribution in [0.25, 0.3) is 0 Å². The number of halogens is 1. The van der Waals surface area contributed by atoms with Crippen molar-refractivity contribution in [2.24, 2.45) is 0 Å². The molecule has 0 radical (unpaired) electrons. The fourth-order valence-electron chi connectivity index (χ4n) is 2.96. The van der Waals surface area contributed by atoms with Crippen molar-refractivity contribution in [1.29, 1.82) is 0 Å². The summed E-state index contributed by atoms with van der Waals surface area (Å²) in [5.41, 5.74) is 2.31. The second-order valence-electron chi connectivity index (χ2n) is 5.87. The largest absolute Gasteiger partial charge is 0.495 e. The normalized spacial score (nSPS) is 17.8. The number of rotatable bonds is 6. The number of benzene rings is 2. The van der Waals surface area contributed by atoms with E-state index in [1.54, 1.807) is 7.11 Å². The molecule has 1 aliphatic heterocycles. The Balaban J connectivity index is 1.65. The van der Waals surface area contributed by atoms with Gasteiger partial charge in [-0.3, -0.25) is 0 Å². The lowest BCUT2D eigenvalue weighted by Gasteiger charge is -2.38. The van der Waals surface area contributed by atoms with E-state index in [0.29, 0.717) is 24.0 Å². The summed E-state index contributed by atoms with van der Waals surface area (Å²) < 4.78 is 11.3. The molecule has 3 rings (SSSR count). The van der Waals surface area contributed by atoms with Crippen molar-refractivity contribution in [2.45, 2.75) is 12.6 Å². The standard InChI is InChI=1S/C19H23ClN2O2/c1-23-19-11-16(7-8-18(19)20)22-10-9-21-12-17(22)14-24-13-15-5-3-2-4-6-15/h2-8,11,17,21H,9-10,12-14H2,1H3/t17-/m1/s1. The van der Waals surface area contributed by atoms with Crippen LogP contribution in [-0.2, 0) is 11.3 Å². The fraction of sp³-hybridized carbons (Fsp3) is 0.368. The number of ether oxygens (including phenoxy) is 2. The molecule has 24 heavy (non-hydrogen) atoms. The lowest BCUT2D eigenvalue weighted by atomic mass is 10.1. The van der Waals surface area contributed by atoms with Gasteiger partial charge in [0.05, 0.1) is 31.4 Å². The van der Waals surface area contributed by atoms with Crippen LogP contribution in [0.3, 0.4) is 0 Å². The van der Waals surface area contributed by atoms with Crippen LogP contribution in [0.2, 0.25) is 5.02 Å². The van der Waals surface area contributed by atoms with Crippen molar-refractivity contribution in [1.82, 2.24) is 5.32 Å². The maximum Gasteiger partial charge on any atom is 0.139 e. The third kappa shape index (κ3) is 4.20. The topological polar surface area (TPSA) is 33.7 Å². The van der Waals surface area contributed by atoms with E-state index in [4.69, 9.17) is 21.1 Å². The fourth-order valence-corrected chi connectivity index (χ4v) is 3.16. The second-order valence-corrected chi connectivity index (χ2v) is 6.28. The quantitative estimate of drug-likeness (QED) is 0.869. The molecule has 0 bridgehead atoms. The molecule has 2 aromatic rings. The minimum atomic E-state index is 0.286. The van der Waals surface area contributed by atoms with Crippen LogP contribution in [0.15, 0.2) is 48.5 Å². The van der Waals surface area contributed by atoms with Crippen LogP contribution >= 0.6 is 11.6 Å². The van der Waals surface area contributed by atoms with Gasteiger partial charge in [-0.25, -0.2) is 0 Å². The van der Waals surface area contributed by atoms with E-state index < -0.39 is 0 Å². The minimum absolute atomic E-state index is 0.286. The van der Waals surface area contributed by atoms with Gasteiger partial charge in [0.1, 0.15) is 5.75 Å². The molecule has 2 aromatic carbocycles. The predicted octanol–water partition coefficient (Wildman–Crippen LogP) is 3.34. The Labute approximate surface area is 148 Å². The first-order valence-corrected chi connectivity index (χ1v) is 8.58. The van der Waals surface area contributed by atoms with Crippen molar-refractivity contribution in [3.05, 3.63) is 59.1 Å². The molecular weight excluding hydrogens is 324 g/mol. The zero-order chi connectivity index (χ0) is 16.8. The number of anilines is 1. The first-order valence-electron chi connectivity index (χ1n) is 8.20. The molecule has 128 valence electrons. The Kier molecular flexibility index (Phi) is 5.96. The average molecular weight is 347 g/mol. The zero-order valence-corrected chi connectivity index (χ0v) is 14.6. The molecule has 1 atom stereocenters. The number of nitrogens with zero attached hydrogens (tertiary/aromatic N) is 1. The Morgan fingerprint density at radius 2 is 2.04 bits per heavy atom. The van der Waals surface area contributed by atoms with E-state index in [0.717, 1.165) is 25.3 Å². The smallest absolute Gasteiger partial charge is 0.139 e. The van der Waals surface area contributed by atoms with E-state index in [2.05, 4.69) is 22.3 Å². The summed E-state index contributed by atoms with van der Waals surface area (Å²) in [6.07, 6.45) is 0. The second kappa shape index (κ2) is 8.38. The first-order chi connectivity index (χ1) is 11.8. The SMILES string of the molecule is COc1cc(N2CCNC[C@@H]2COCc2ccccc2)ccc1Cl. The Morgan fingerprint density at radius 3 is 2.83 bits per heavy atom. The Bertz CT molecular complexity index is 651. The van der Waals surface area contributed by atoms with E-state index in [-0.39, 0.29) is 6.04 Å². The van der Waals surface area contributed by atoms with Crippen molar-refractivity contribution in [3.8, 4) is 5.75 Å². The van der Waals surface area contributed by atoms with Crippen LogP contribution in [0.5, 0.6) is 5.75 Å². The molecular formula is C19H23ClN2O2. The molecule has 1 N–H and O–H groups in total. The summed E-state index contributed by atoms with van der Waals surface area (Å²) in [5.74, 6) is 0.705. The van der Waals surface area contributed by atoms with E-state index in [9.17, 15) is 0 Å². The summed E-state index contributed by atoms with van der Waals surface area (Å²) in [7, 11) is 1.64. The first kappa shape index (κ1) is 17.1. The average Bonchev–Trinajstić information content (AvgIpc) is 2.63. The van der Waals surface area contributed by atoms with Gasteiger partial charge in [0.15, 0.2) is 0 Å². The minimum Gasteiger partial charge on any atom is -0.495 e. The third-order valence-electron chi connectivity index (χ3n) is 4.24. The van der Waals surface area contributed by atoms with E-state index >= 15 is 0 Å². The molecule has 1 aliphatic rings. The summed E-state index contributed by atoms with van der Waals surface area (Å²) in [6.45, 7) is 4.10. The van der Waals surface area contributed by atoms with Crippen molar-refractivity contribution in [3.63, 3.8) is 0 Å². The molecule has 0 unspecified atom stereocenters. The summed E-state index contributed by atoms with van der Waals surface area (Å²) in [5, 5.41) is 4.08. The number of piperazine rings is 1. The molecule has 1 fully saturated rings. The van der Waals surface area contributed by atoms with Gasteiger partial charge in [-0.15, -0.1) is 0 Å². The van der Waals surface area contributed by atoms with Gasteiger partial charge in [-0.1, -0.05) is 41.9 Å². The number of hydrogen-bond donors (Lipinski definition) is 1. The van der Waals surface area contributed by atoms with Crippen LogP contribution in [-0.4, -0.2) is 39.4 Å². The van der Waals surface area contributed by atoms with Crippen LogP contribution in [0, 0.1) is 0 Å². The Hall–Kier alpha value is -1.75. The maximum atomic E-state index is 6.14. The van der Waals surface area contributed by atoms with E-state index in [1.165, 1.54) is 5.56 Å². The van der Waals surface area contributed by atoms with Crippen molar-refractivity contribution < 1.29 is 9.47 Å². The monoisotopic (exact) mass is 346 g/mol. The molecule has 0 saturated carbocycles. The van der Waals surface area contributed by atoms with Crippen LogP contribution in [0.1, 0.15) is 5.56 Å². The van der Waals surface area contributed by atoms with Gasteiger partial charge in [0, 0.05) is 31.4 Å². The third-order valence-corrected chi connectivity index (χ3v) is 4.55. The van der Waals surface area contributed by atoms with Gasteiger partial charge in [-0.05, 0) is 17.7 Å². The molecule has 1 saturated heterocycles. The highest BCUT2D eigenvalue weighted by Crippen LogP contribution is 2.30. The highest BCUT2D eigenvalue weighted by atomic mass is 35.5. The van der Waals surface area contributed by atoms with Crippen LogP contribution < -0.4 is 15.0 Å². The molecule has 4 nitrogen and oxygen atoms in total. The van der Waals surface area contributed by atoms with Crippen molar-refractivity contribution in [2.75, 3.05) is 38.3 Å². The molecule has 5 heteroatoms. The van der Waals surface area contributed by atoms with Crippen molar-refractivity contribution >= 4 is 17.3 Å². The highest BCUT2D eigenvalue weighted by Gasteiger charge is 2.23. The van der Waals surface area contributed by atoms with Gasteiger partial charge >= 0.3 is 0 Å². The summed E-state index contributed by atoms with van der Waals surface area (Å²) >= 11 is 6.14. The lowest BCUT2D eigenvalue weighted by Crippen LogP contribution is -2.53. The van der Waals surface area contributed by atoms with Gasteiger partial charge < -0.3 is 19.7 Å². The van der Waals surface area contributed by atoms with Gasteiger partial charge in [0.25, 0.3) is 0 Å². The molecule has 0 aromatic heterocycles. The summed E-state index contributed by atoms with van der Waals surface area (Å²) in [4.78, 5) is 2.36. The number of methoxy groups -OCH3 is 1. The molecule has 0 spiro atoms. The van der Waals surface area contributed by atoms with Gasteiger partial charge in [0.2, 0.25) is 0 Å². The van der Waals surface area contributed by atoms with E-state index in [1.807, 2.05) is 36.4 Å². The number of nitrogens with one attached hydrogen (secondary N) is 1. The zero-order valence-electron chi connectivity index (χ0n) is 13.9. The molecule has 0 aliphatic carbocycles. The Morgan fingerprint density at radius 1 is 1.21 bits per heavy atom. The van der Waals surface area contributed by atoms with Gasteiger partial charge in [-0.2, -0.15) is 0 Å². The molecule has 0 amide bonds.